The summed E-state index contributed by atoms with van der Waals surface area (Å²) in [6.07, 6.45) is 2.32. The summed E-state index contributed by atoms with van der Waals surface area (Å²) in [5, 5.41) is 2.67. The monoisotopic (exact) mass is 353 g/mol. The van der Waals surface area contributed by atoms with Crippen LogP contribution in [0.15, 0.2) is 29.2 Å². The van der Waals surface area contributed by atoms with E-state index in [0.29, 0.717) is 0 Å². The molecule has 0 radical (unpaired) electrons. The van der Waals surface area contributed by atoms with Crippen LogP contribution in [-0.4, -0.2) is 63.2 Å². The molecule has 2 amide bonds. The molecule has 1 aromatic carbocycles. The van der Waals surface area contributed by atoms with E-state index in [4.69, 9.17) is 0 Å². The molecule has 1 fully saturated rings. The molecule has 0 bridgehead atoms. The van der Waals surface area contributed by atoms with Crippen molar-refractivity contribution in [3.8, 4) is 0 Å². The maximum absolute atomic E-state index is 12.2. The maximum atomic E-state index is 12.2. The number of carbonyl (C=O) groups excluding carboxylic acids is 2. The third kappa shape index (κ3) is 4.33. The zero-order valence-corrected chi connectivity index (χ0v) is 14.8. The number of sulfonamides is 1. The summed E-state index contributed by atoms with van der Waals surface area (Å²) in [5.41, 5.74) is 0.256. The van der Waals surface area contributed by atoms with Crippen LogP contribution in [0.3, 0.4) is 0 Å². The van der Waals surface area contributed by atoms with Crippen molar-refractivity contribution in [2.24, 2.45) is 0 Å². The van der Waals surface area contributed by atoms with E-state index < -0.39 is 10.0 Å². The quantitative estimate of drug-likeness (QED) is 0.815. The van der Waals surface area contributed by atoms with Crippen molar-refractivity contribution in [1.82, 2.24) is 14.5 Å². The summed E-state index contributed by atoms with van der Waals surface area (Å²) in [4.78, 5) is 25.9. The van der Waals surface area contributed by atoms with Crippen molar-refractivity contribution in [2.45, 2.75) is 24.2 Å². The van der Waals surface area contributed by atoms with Gasteiger partial charge in [0.2, 0.25) is 15.9 Å². The van der Waals surface area contributed by atoms with Crippen molar-refractivity contribution < 1.29 is 18.0 Å². The standard InChI is InChI=1S/C16H23N3O4S/c1-18(2)24(22,23)14-7-5-6-13(12-14)16(21)17-9-8-15(20)19-10-3-4-11-19/h5-7,12H,3-4,8-11H2,1-2H3,(H,17,21). The number of likely N-dealkylation sites (tertiary alicyclic amines) is 1. The zero-order valence-electron chi connectivity index (χ0n) is 14.0. The smallest absolute Gasteiger partial charge is 0.251 e. The number of hydrogen-bond acceptors (Lipinski definition) is 4. The van der Waals surface area contributed by atoms with Gasteiger partial charge in [-0.3, -0.25) is 9.59 Å². The van der Waals surface area contributed by atoms with E-state index in [2.05, 4.69) is 5.32 Å². The lowest BCUT2D eigenvalue weighted by Crippen LogP contribution is -2.32. The molecule has 1 aliphatic rings. The fraction of sp³-hybridized carbons (Fsp3) is 0.500. The van der Waals surface area contributed by atoms with Gasteiger partial charge in [0, 0.05) is 45.7 Å². The average Bonchev–Trinajstić information content (AvgIpc) is 3.09. The summed E-state index contributed by atoms with van der Waals surface area (Å²) in [5.74, 6) is -0.350. The molecule has 1 heterocycles. The Bertz CT molecular complexity index is 710. The molecule has 0 spiro atoms. The van der Waals surface area contributed by atoms with Gasteiger partial charge in [-0.1, -0.05) is 6.07 Å². The molecule has 2 rings (SSSR count). The first-order valence-electron chi connectivity index (χ1n) is 7.91. The van der Waals surface area contributed by atoms with Gasteiger partial charge in [-0.15, -0.1) is 0 Å². The molecule has 0 atom stereocenters. The highest BCUT2D eigenvalue weighted by Crippen LogP contribution is 2.15. The van der Waals surface area contributed by atoms with Gasteiger partial charge in [-0.05, 0) is 31.0 Å². The highest BCUT2D eigenvalue weighted by molar-refractivity contribution is 7.89. The molecule has 24 heavy (non-hydrogen) atoms. The Kier molecular flexibility index (Phi) is 5.95. The van der Waals surface area contributed by atoms with Gasteiger partial charge in [0.15, 0.2) is 0 Å². The third-order valence-corrected chi connectivity index (χ3v) is 5.77. The van der Waals surface area contributed by atoms with Crippen LogP contribution >= 0.6 is 0 Å². The SMILES string of the molecule is CN(C)S(=O)(=O)c1cccc(C(=O)NCCC(=O)N2CCCC2)c1. The minimum atomic E-state index is -3.59. The normalized spacial score (nSPS) is 14.9. The molecule has 1 aromatic rings. The van der Waals surface area contributed by atoms with Gasteiger partial charge in [0.05, 0.1) is 4.90 Å². The molecule has 1 N–H and O–H groups in total. The summed E-state index contributed by atoms with van der Waals surface area (Å²) in [7, 11) is -0.712. The van der Waals surface area contributed by atoms with E-state index in [9.17, 15) is 18.0 Å². The fourth-order valence-electron chi connectivity index (χ4n) is 2.52. The summed E-state index contributed by atoms with van der Waals surface area (Å²) in [6, 6.07) is 5.86. The van der Waals surface area contributed by atoms with Crippen LogP contribution in [-0.2, 0) is 14.8 Å². The molecule has 132 valence electrons. The minimum Gasteiger partial charge on any atom is -0.352 e. The van der Waals surface area contributed by atoms with E-state index in [0.717, 1.165) is 30.2 Å². The van der Waals surface area contributed by atoms with Gasteiger partial charge >= 0.3 is 0 Å². The number of amides is 2. The number of nitrogens with one attached hydrogen (secondary N) is 1. The van der Waals surface area contributed by atoms with Crippen LogP contribution < -0.4 is 5.32 Å². The van der Waals surface area contributed by atoms with E-state index in [-0.39, 0.29) is 35.2 Å². The Balaban J connectivity index is 1.94. The van der Waals surface area contributed by atoms with Crippen LogP contribution in [0, 0.1) is 0 Å². The van der Waals surface area contributed by atoms with Gasteiger partial charge in [0.25, 0.3) is 5.91 Å². The van der Waals surface area contributed by atoms with Crippen LogP contribution in [0.5, 0.6) is 0 Å². The van der Waals surface area contributed by atoms with E-state index >= 15 is 0 Å². The first-order valence-corrected chi connectivity index (χ1v) is 9.35. The average molecular weight is 353 g/mol. The number of nitrogens with zero attached hydrogens (tertiary/aromatic N) is 2. The number of hydrogen-bond donors (Lipinski definition) is 1. The van der Waals surface area contributed by atoms with E-state index in [1.807, 2.05) is 0 Å². The predicted molar refractivity (Wildman–Crippen MR) is 90.1 cm³/mol. The van der Waals surface area contributed by atoms with Crippen molar-refractivity contribution in [3.05, 3.63) is 29.8 Å². The third-order valence-electron chi connectivity index (χ3n) is 3.96. The van der Waals surface area contributed by atoms with E-state index in [1.165, 1.54) is 32.3 Å². The summed E-state index contributed by atoms with van der Waals surface area (Å²) >= 11 is 0. The molecule has 1 saturated heterocycles. The Morgan fingerprint density at radius 1 is 1.21 bits per heavy atom. The van der Waals surface area contributed by atoms with Gasteiger partial charge in [-0.25, -0.2) is 12.7 Å². The predicted octanol–water partition coefficient (Wildman–Crippen LogP) is 0.679. The molecule has 0 unspecified atom stereocenters. The molecule has 8 heteroatoms. The van der Waals surface area contributed by atoms with Gasteiger partial charge in [0.1, 0.15) is 0 Å². The highest BCUT2D eigenvalue weighted by atomic mass is 32.2. The van der Waals surface area contributed by atoms with Crippen LogP contribution in [0.25, 0.3) is 0 Å². The molecule has 0 saturated carbocycles. The van der Waals surface area contributed by atoms with Crippen LogP contribution in [0.2, 0.25) is 0 Å². The topological polar surface area (TPSA) is 86.8 Å². The fourth-order valence-corrected chi connectivity index (χ4v) is 3.47. The van der Waals surface area contributed by atoms with Crippen molar-refractivity contribution in [2.75, 3.05) is 33.7 Å². The van der Waals surface area contributed by atoms with Crippen LogP contribution in [0.4, 0.5) is 0 Å². The Morgan fingerprint density at radius 3 is 2.50 bits per heavy atom. The van der Waals surface area contributed by atoms with Crippen molar-refractivity contribution >= 4 is 21.8 Å². The second-order valence-corrected chi connectivity index (χ2v) is 8.06. The molecular weight excluding hydrogens is 330 g/mol. The summed E-state index contributed by atoms with van der Waals surface area (Å²) in [6.45, 7) is 1.81. The molecule has 1 aliphatic heterocycles. The zero-order chi connectivity index (χ0) is 17.7. The maximum Gasteiger partial charge on any atom is 0.251 e. The lowest BCUT2D eigenvalue weighted by Gasteiger charge is -2.15. The van der Waals surface area contributed by atoms with Gasteiger partial charge in [-0.2, -0.15) is 0 Å². The second kappa shape index (κ2) is 7.76. The molecule has 0 aromatic heterocycles. The minimum absolute atomic E-state index is 0.0386. The highest BCUT2D eigenvalue weighted by Gasteiger charge is 2.20. The molecule has 7 nitrogen and oxygen atoms in total. The number of carbonyl (C=O) groups is 2. The molecular formula is C16H23N3O4S. The molecule has 0 aliphatic carbocycles. The number of rotatable bonds is 6. The Hall–Kier alpha value is -1.93. The largest absolute Gasteiger partial charge is 0.352 e. The number of benzene rings is 1. The Morgan fingerprint density at radius 2 is 1.88 bits per heavy atom. The van der Waals surface area contributed by atoms with E-state index in [1.54, 1.807) is 11.0 Å². The first-order chi connectivity index (χ1) is 11.3. The second-order valence-electron chi connectivity index (χ2n) is 5.91. The lowest BCUT2D eigenvalue weighted by molar-refractivity contribution is -0.129. The lowest BCUT2D eigenvalue weighted by atomic mass is 10.2. The Labute approximate surface area is 142 Å². The van der Waals surface area contributed by atoms with Crippen molar-refractivity contribution in [1.29, 1.82) is 0 Å². The van der Waals surface area contributed by atoms with Crippen LogP contribution in [0.1, 0.15) is 29.6 Å². The van der Waals surface area contributed by atoms with Crippen molar-refractivity contribution in [3.63, 3.8) is 0 Å². The first kappa shape index (κ1) is 18.4. The van der Waals surface area contributed by atoms with Gasteiger partial charge < -0.3 is 10.2 Å². The summed E-state index contributed by atoms with van der Waals surface area (Å²) < 4.78 is 25.3.